The van der Waals surface area contributed by atoms with Crippen molar-refractivity contribution in [2.45, 2.75) is 44.4 Å². The minimum atomic E-state index is -1.53. The van der Waals surface area contributed by atoms with Gasteiger partial charge in [0.05, 0.1) is 10.4 Å². The molecule has 2 rings (SSSR count). The van der Waals surface area contributed by atoms with Crippen LogP contribution in [0.25, 0.3) is 0 Å². The Morgan fingerprint density at radius 2 is 1.48 bits per heavy atom. The highest BCUT2D eigenvalue weighted by Gasteiger charge is 2.68. The summed E-state index contributed by atoms with van der Waals surface area (Å²) in [6, 6.07) is 0. The Bertz CT molecular complexity index is 468. The van der Waals surface area contributed by atoms with Gasteiger partial charge in [-0.05, 0) is 12.8 Å². The first-order valence-corrected chi connectivity index (χ1v) is 7.65. The Balaban J connectivity index is 2.55. The van der Waals surface area contributed by atoms with Crippen molar-refractivity contribution in [3.05, 3.63) is 10.8 Å². The molecule has 0 unspecified atom stereocenters. The number of methoxy groups -OCH3 is 5. The standard InChI is InChI=1S/C15H25ClO7/c1-12(2)22-11(14(17-3,18-4)23-12)10(16)13(8-9-13)15(19-5,20-6)21-7/h8-9H2,1-7H3/b11-10+. The van der Waals surface area contributed by atoms with E-state index < -0.39 is 23.1 Å². The van der Waals surface area contributed by atoms with Crippen LogP contribution < -0.4 is 0 Å². The topological polar surface area (TPSA) is 64.6 Å². The van der Waals surface area contributed by atoms with E-state index in [1.807, 2.05) is 0 Å². The number of hydrogen-bond acceptors (Lipinski definition) is 7. The average molecular weight is 353 g/mol. The monoisotopic (exact) mass is 352 g/mol. The number of hydrogen-bond donors (Lipinski definition) is 0. The number of halogens is 1. The van der Waals surface area contributed by atoms with Gasteiger partial charge in [-0.3, -0.25) is 4.74 Å². The predicted molar refractivity (Wildman–Crippen MR) is 81.3 cm³/mol. The van der Waals surface area contributed by atoms with Crippen LogP contribution in [0, 0.1) is 5.41 Å². The van der Waals surface area contributed by atoms with Crippen molar-refractivity contribution in [1.29, 1.82) is 0 Å². The smallest absolute Gasteiger partial charge is 0.349 e. The first-order chi connectivity index (χ1) is 10.7. The number of ether oxygens (including phenoxy) is 7. The van der Waals surface area contributed by atoms with Crippen LogP contribution in [0.1, 0.15) is 26.7 Å². The Hall–Kier alpha value is -0.410. The van der Waals surface area contributed by atoms with E-state index in [-0.39, 0.29) is 5.76 Å². The molecule has 8 heteroatoms. The normalized spacial score (nSPS) is 26.8. The van der Waals surface area contributed by atoms with Gasteiger partial charge in [-0.2, -0.15) is 0 Å². The van der Waals surface area contributed by atoms with Crippen LogP contribution in [0.2, 0.25) is 0 Å². The lowest BCUT2D eigenvalue weighted by Crippen LogP contribution is -2.47. The van der Waals surface area contributed by atoms with Crippen molar-refractivity contribution in [2.24, 2.45) is 5.41 Å². The zero-order valence-electron chi connectivity index (χ0n) is 14.6. The molecule has 0 spiro atoms. The molecule has 1 heterocycles. The quantitative estimate of drug-likeness (QED) is 0.652. The van der Waals surface area contributed by atoms with Crippen molar-refractivity contribution in [2.75, 3.05) is 35.5 Å². The van der Waals surface area contributed by atoms with Gasteiger partial charge in [0, 0.05) is 49.4 Å². The van der Waals surface area contributed by atoms with Gasteiger partial charge in [0.2, 0.25) is 11.5 Å². The van der Waals surface area contributed by atoms with Crippen molar-refractivity contribution >= 4 is 11.6 Å². The van der Waals surface area contributed by atoms with Gasteiger partial charge < -0.3 is 28.4 Å². The first kappa shape index (κ1) is 18.9. The van der Waals surface area contributed by atoms with Crippen molar-refractivity contribution < 1.29 is 33.2 Å². The van der Waals surface area contributed by atoms with E-state index in [4.69, 9.17) is 44.8 Å². The molecule has 134 valence electrons. The van der Waals surface area contributed by atoms with Crippen LogP contribution in [-0.4, -0.2) is 53.3 Å². The minimum Gasteiger partial charge on any atom is -0.457 e. The van der Waals surface area contributed by atoms with Gasteiger partial charge in [-0.1, -0.05) is 11.6 Å². The molecule has 2 aliphatic rings. The molecule has 23 heavy (non-hydrogen) atoms. The van der Waals surface area contributed by atoms with E-state index >= 15 is 0 Å². The van der Waals surface area contributed by atoms with Gasteiger partial charge in [0.1, 0.15) is 0 Å². The SMILES string of the molecule is COC1(OC)OC(C)(C)O/C1=C(/Cl)C1(C(OC)(OC)OC)CC1. The lowest BCUT2D eigenvalue weighted by Gasteiger charge is -2.37. The Morgan fingerprint density at radius 3 is 1.83 bits per heavy atom. The maximum absolute atomic E-state index is 6.71. The second-order valence-electron chi connectivity index (χ2n) is 5.96. The molecule has 2 fully saturated rings. The second-order valence-corrected chi connectivity index (χ2v) is 6.34. The fourth-order valence-corrected chi connectivity index (χ4v) is 3.53. The van der Waals surface area contributed by atoms with Gasteiger partial charge in [-0.15, -0.1) is 0 Å². The average Bonchev–Trinajstić information content (AvgIpc) is 3.29. The highest BCUT2D eigenvalue weighted by Crippen LogP contribution is 2.64. The maximum atomic E-state index is 6.71. The third-order valence-electron chi connectivity index (χ3n) is 4.31. The van der Waals surface area contributed by atoms with Crippen LogP contribution >= 0.6 is 11.6 Å². The summed E-state index contributed by atoms with van der Waals surface area (Å²) < 4.78 is 39.0. The predicted octanol–water partition coefficient (Wildman–Crippen LogP) is 2.54. The zero-order valence-corrected chi connectivity index (χ0v) is 15.4. The first-order valence-electron chi connectivity index (χ1n) is 7.27. The molecule has 0 bridgehead atoms. The van der Waals surface area contributed by atoms with Crippen LogP contribution in [0.4, 0.5) is 0 Å². The molecule has 1 saturated heterocycles. The van der Waals surface area contributed by atoms with Gasteiger partial charge in [0.25, 0.3) is 5.97 Å². The summed E-state index contributed by atoms with van der Waals surface area (Å²) in [5.74, 6) is -3.59. The van der Waals surface area contributed by atoms with Crippen LogP contribution in [-0.2, 0) is 33.2 Å². The largest absolute Gasteiger partial charge is 0.457 e. The molecular weight excluding hydrogens is 328 g/mol. The molecule has 0 amide bonds. The molecule has 0 atom stereocenters. The van der Waals surface area contributed by atoms with Crippen molar-refractivity contribution in [3.63, 3.8) is 0 Å². The Morgan fingerprint density at radius 1 is 1.00 bits per heavy atom. The third kappa shape index (κ3) is 2.68. The van der Waals surface area contributed by atoms with Gasteiger partial charge >= 0.3 is 5.97 Å². The summed E-state index contributed by atoms with van der Waals surface area (Å²) in [6.07, 6.45) is 1.39. The molecule has 1 aliphatic carbocycles. The molecule has 0 aromatic carbocycles. The summed E-state index contributed by atoms with van der Waals surface area (Å²) in [5, 5.41) is 0.331. The molecular formula is C15H25ClO7. The van der Waals surface area contributed by atoms with E-state index in [1.165, 1.54) is 35.5 Å². The van der Waals surface area contributed by atoms with Gasteiger partial charge in [-0.25, -0.2) is 0 Å². The summed E-state index contributed by atoms with van der Waals surface area (Å²) >= 11 is 6.71. The molecule has 0 aromatic rings. The molecule has 0 aromatic heterocycles. The molecule has 0 N–H and O–H groups in total. The lowest BCUT2D eigenvalue weighted by atomic mass is 10.0. The summed E-state index contributed by atoms with van der Waals surface area (Å²) in [7, 11) is 7.40. The number of rotatable bonds is 7. The van der Waals surface area contributed by atoms with E-state index in [2.05, 4.69) is 0 Å². The summed E-state index contributed by atoms with van der Waals surface area (Å²) in [4.78, 5) is 0. The van der Waals surface area contributed by atoms with E-state index in [1.54, 1.807) is 13.8 Å². The van der Waals surface area contributed by atoms with Crippen LogP contribution in [0.15, 0.2) is 10.8 Å². The zero-order chi connectivity index (χ0) is 17.5. The fourth-order valence-electron chi connectivity index (χ4n) is 3.07. The summed E-state index contributed by atoms with van der Waals surface area (Å²) in [6.45, 7) is 3.49. The highest BCUT2D eigenvalue weighted by atomic mass is 35.5. The van der Waals surface area contributed by atoms with Crippen LogP contribution in [0.3, 0.4) is 0 Å². The Labute approximate surface area is 141 Å². The van der Waals surface area contributed by atoms with Crippen molar-refractivity contribution in [1.82, 2.24) is 0 Å². The van der Waals surface area contributed by atoms with Crippen LogP contribution in [0.5, 0.6) is 0 Å². The minimum absolute atomic E-state index is 0.238. The highest BCUT2D eigenvalue weighted by molar-refractivity contribution is 6.31. The molecule has 0 radical (unpaired) electrons. The lowest BCUT2D eigenvalue weighted by molar-refractivity contribution is -0.380. The van der Waals surface area contributed by atoms with Gasteiger partial charge in [0.15, 0.2) is 0 Å². The van der Waals surface area contributed by atoms with E-state index in [0.717, 1.165) is 0 Å². The second kappa shape index (κ2) is 6.15. The third-order valence-corrected chi connectivity index (χ3v) is 4.84. The fraction of sp³-hybridized carbons (Fsp3) is 0.867. The maximum Gasteiger partial charge on any atom is 0.349 e. The Kier molecular flexibility index (Phi) is 5.06. The molecule has 1 aliphatic heterocycles. The van der Waals surface area contributed by atoms with E-state index in [0.29, 0.717) is 17.9 Å². The van der Waals surface area contributed by atoms with E-state index in [9.17, 15) is 0 Å². The van der Waals surface area contributed by atoms with Crippen molar-refractivity contribution in [3.8, 4) is 0 Å². The molecule has 1 saturated carbocycles. The summed E-state index contributed by atoms with van der Waals surface area (Å²) in [5.41, 5.74) is -0.728. The molecule has 7 nitrogen and oxygen atoms in total.